The Labute approximate surface area is 152 Å². The lowest BCUT2D eigenvalue weighted by Crippen LogP contribution is -2.36. The Morgan fingerprint density at radius 2 is 2.08 bits per heavy atom. The Bertz CT molecular complexity index is 791. The normalized spacial score (nSPS) is 17.6. The van der Waals surface area contributed by atoms with Gasteiger partial charge in [-0.3, -0.25) is 18.9 Å². The van der Waals surface area contributed by atoms with Crippen LogP contribution in [0.25, 0.3) is 0 Å². The lowest BCUT2D eigenvalue weighted by molar-refractivity contribution is -0.102. The largest absolute Gasteiger partial charge is 0.380 e. The van der Waals surface area contributed by atoms with Gasteiger partial charge in [-0.1, -0.05) is 0 Å². The molecular weight excluding hydrogens is 367 g/mol. The predicted molar refractivity (Wildman–Crippen MR) is 94.2 cm³/mol. The van der Waals surface area contributed by atoms with Gasteiger partial charge >= 0.3 is 13.3 Å². The number of nitrogens with zero attached hydrogens (tertiary/aromatic N) is 1. The van der Waals surface area contributed by atoms with Crippen molar-refractivity contribution in [1.82, 2.24) is 9.55 Å². The summed E-state index contributed by atoms with van der Waals surface area (Å²) in [5, 5.41) is 0. The maximum Gasteiger partial charge on any atom is 0.351 e. The van der Waals surface area contributed by atoms with Gasteiger partial charge in [0, 0.05) is 32.3 Å². The van der Waals surface area contributed by atoms with Crippen molar-refractivity contribution in [2.75, 3.05) is 27.4 Å². The Hall–Kier alpha value is -1.55. The standard InChI is InChI=1S/C15H25N2O8P/c1-11(2)24-9-12(6-8-26(20,21)23-4)25-14(10-22-3)17-7-5-13(18)16-15(17)19/h5-8,11-12,14H,9-10H2,1-4H3,(H,20,21)(H,16,18,19)/b8-6+/t12-,14-/m1/s1/i8D. The molecule has 0 saturated heterocycles. The molecule has 3 atom stereocenters. The summed E-state index contributed by atoms with van der Waals surface area (Å²) >= 11 is 0. The van der Waals surface area contributed by atoms with E-state index >= 15 is 0 Å². The van der Waals surface area contributed by atoms with Gasteiger partial charge in [0.05, 0.1) is 20.7 Å². The lowest BCUT2D eigenvalue weighted by atomic mass is 10.3. The quantitative estimate of drug-likeness (QED) is 0.529. The molecule has 1 heterocycles. The molecule has 0 radical (unpaired) electrons. The predicted octanol–water partition coefficient (Wildman–Crippen LogP) is 0.837. The smallest absolute Gasteiger partial charge is 0.351 e. The number of methoxy groups -OCH3 is 1. The van der Waals surface area contributed by atoms with E-state index in [1.807, 2.05) is 0 Å². The molecule has 1 aromatic heterocycles. The van der Waals surface area contributed by atoms with Crippen LogP contribution in [-0.4, -0.2) is 54.1 Å². The summed E-state index contributed by atoms with van der Waals surface area (Å²) in [6.07, 6.45) is 0.201. The molecule has 0 spiro atoms. The van der Waals surface area contributed by atoms with Gasteiger partial charge in [0.15, 0.2) is 6.23 Å². The van der Waals surface area contributed by atoms with Crippen molar-refractivity contribution in [1.29, 1.82) is 0 Å². The second-order valence-corrected chi connectivity index (χ2v) is 7.15. The maximum absolute atomic E-state index is 12.0. The summed E-state index contributed by atoms with van der Waals surface area (Å²) < 4.78 is 41.4. The molecule has 0 bridgehead atoms. The molecule has 1 rings (SSSR count). The van der Waals surface area contributed by atoms with Crippen LogP contribution in [0.3, 0.4) is 0 Å². The van der Waals surface area contributed by atoms with Crippen molar-refractivity contribution in [3.63, 3.8) is 0 Å². The Morgan fingerprint density at radius 1 is 1.38 bits per heavy atom. The first kappa shape index (κ1) is 20.8. The van der Waals surface area contributed by atoms with Crippen LogP contribution in [0.2, 0.25) is 0 Å². The zero-order valence-corrected chi connectivity index (χ0v) is 16.0. The molecule has 0 amide bonds. The van der Waals surface area contributed by atoms with Gasteiger partial charge in [-0.15, -0.1) is 0 Å². The number of hydrogen-bond donors (Lipinski definition) is 2. The van der Waals surface area contributed by atoms with E-state index in [-0.39, 0.29) is 19.3 Å². The van der Waals surface area contributed by atoms with Crippen molar-refractivity contribution in [3.8, 4) is 0 Å². The van der Waals surface area contributed by atoms with Crippen molar-refractivity contribution in [2.45, 2.75) is 32.3 Å². The van der Waals surface area contributed by atoms with Crippen LogP contribution in [0.1, 0.15) is 21.4 Å². The molecule has 11 heteroatoms. The summed E-state index contributed by atoms with van der Waals surface area (Å²) in [4.78, 5) is 35.0. The fourth-order valence-corrected chi connectivity index (χ4v) is 2.29. The molecule has 148 valence electrons. The monoisotopic (exact) mass is 393 g/mol. The number of nitrogens with one attached hydrogen (secondary N) is 1. The second kappa shape index (κ2) is 10.6. The van der Waals surface area contributed by atoms with Crippen LogP contribution in [0, 0.1) is 0 Å². The van der Waals surface area contributed by atoms with Crippen molar-refractivity contribution >= 4 is 7.60 Å². The van der Waals surface area contributed by atoms with Gasteiger partial charge in [0.2, 0.25) is 0 Å². The number of aromatic nitrogens is 2. The fourth-order valence-electron chi connectivity index (χ4n) is 1.83. The van der Waals surface area contributed by atoms with Crippen molar-refractivity contribution in [2.24, 2.45) is 0 Å². The summed E-state index contributed by atoms with van der Waals surface area (Å²) in [6.45, 7) is 3.45. The highest BCUT2D eigenvalue weighted by Gasteiger charge is 2.20. The SMILES string of the molecule is [2H]/C(=C\[C@H](COC(C)C)O[C@H](COC)n1ccc(=O)[nH]c1=O)P(=O)(O)OC. The fraction of sp³-hybridized carbons (Fsp3) is 0.600. The van der Waals surface area contributed by atoms with Crippen LogP contribution >= 0.6 is 7.60 Å². The first-order valence-corrected chi connectivity index (χ1v) is 9.33. The van der Waals surface area contributed by atoms with Crippen LogP contribution in [0.5, 0.6) is 0 Å². The molecule has 0 saturated carbocycles. The van der Waals surface area contributed by atoms with E-state index in [1.54, 1.807) is 13.8 Å². The minimum atomic E-state index is -4.27. The van der Waals surface area contributed by atoms with Gasteiger partial charge in [-0.2, -0.15) is 0 Å². The molecule has 0 fully saturated rings. The molecule has 0 aliphatic carbocycles. The first-order chi connectivity index (χ1) is 12.6. The highest BCUT2D eigenvalue weighted by Crippen LogP contribution is 2.42. The van der Waals surface area contributed by atoms with E-state index in [1.165, 1.54) is 13.3 Å². The highest BCUT2D eigenvalue weighted by molar-refractivity contribution is 7.56. The molecule has 2 N–H and O–H groups in total. The topological polar surface area (TPSA) is 129 Å². The van der Waals surface area contributed by atoms with Gasteiger partial charge in [0.25, 0.3) is 5.56 Å². The summed E-state index contributed by atoms with van der Waals surface area (Å²) in [5.41, 5.74) is -1.28. The van der Waals surface area contributed by atoms with Crippen LogP contribution in [0.4, 0.5) is 0 Å². The van der Waals surface area contributed by atoms with Crippen LogP contribution in [-0.2, 0) is 23.3 Å². The van der Waals surface area contributed by atoms with Gasteiger partial charge in [0.1, 0.15) is 6.10 Å². The number of rotatable bonds is 11. The zero-order valence-electron chi connectivity index (χ0n) is 16.1. The van der Waals surface area contributed by atoms with Gasteiger partial charge in [-0.25, -0.2) is 4.79 Å². The van der Waals surface area contributed by atoms with E-state index in [0.29, 0.717) is 0 Å². The Morgan fingerprint density at radius 3 is 2.62 bits per heavy atom. The minimum absolute atomic E-state index is 0.0535. The average molecular weight is 393 g/mol. The van der Waals surface area contributed by atoms with E-state index in [4.69, 9.17) is 15.6 Å². The van der Waals surface area contributed by atoms with Gasteiger partial charge in [-0.05, 0) is 19.9 Å². The molecule has 26 heavy (non-hydrogen) atoms. The number of H-pyrrole nitrogens is 1. The molecule has 0 aromatic carbocycles. The third-order valence-corrected chi connectivity index (χ3v) is 4.04. The molecule has 1 aromatic rings. The van der Waals surface area contributed by atoms with Crippen LogP contribution < -0.4 is 11.2 Å². The van der Waals surface area contributed by atoms with Gasteiger partial charge < -0.3 is 23.6 Å². The summed E-state index contributed by atoms with van der Waals surface area (Å²) in [5.74, 6) is -0.674. The maximum atomic E-state index is 12.0. The van der Waals surface area contributed by atoms with E-state index in [0.717, 1.165) is 23.8 Å². The molecular formula is C15H25N2O8P. The molecule has 1 unspecified atom stereocenters. The highest BCUT2D eigenvalue weighted by atomic mass is 31.2. The third kappa shape index (κ3) is 7.77. The average Bonchev–Trinajstić information content (AvgIpc) is 2.59. The number of hydrogen-bond acceptors (Lipinski definition) is 7. The second-order valence-electron chi connectivity index (χ2n) is 5.48. The van der Waals surface area contributed by atoms with Crippen molar-refractivity contribution < 1.29 is 29.6 Å². The Kier molecular flexibility index (Phi) is 8.43. The molecule has 10 nitrogen and oxygen atoms in total. The Balaban J connectivity index is 3.18. The molecule has 0 aliphatic heterocycles. The van der Waals surface area contributed by atoms with E-state index in [2.05, 4.69) is 9.51 Å². The summed E-state index contributed by atoms with van der Waals surface area (Å²) in [6, 6.07) is 1.14. The van der Waals surface area contributed by atoms with Crippen LogP contribution in [0.15, 0.2) is 33.7 Å². The first-order valence-electron chi connectivity index (χ1n) is 8.25. The number of ether oxygens (including phenoxy) is 3. The van der Waals surface area contributed by atoms with E-state index < -0.39 is 37.0 Å². The zero-order chi connectivity index (χ0) is 20.6. The molecule has 0 aliphatic rings. The third-order valence-electron chi connectivity index (χ3n) is 3.07. The summed E-state index contributed by atoms with van der Waals surface area (Å²) in [7, 11) is -1.86. The minimum Gasteiger partial charge on any atom is -0.380 e. The lowest BCUT2D eigenvalue weighted by Gasteiger charge is -2.24. The van der Waals surface area contributed by atoms with E-state index in [9.17, 15) is 19.0 Å². The number of aromatic amines is 1. The van der Waals surface area contributed by atoms with Crippen molar-refractivity contribution in [3.05, 3.63) is 45.0 Å².